The van der Waals surface area contributed by atoms with Crippen LogP contribution in [0, 0.1) is 0 Å². The molecule has 10 heavy (non-hydrogen) atoms. The maximum atomic E-state index is 10.7. The predicted molar refractivity (Wildman–Crippen MR) is 42.6 cm³/mol. The van der Waals surface area contributed by atoms with Gasteiger partial charge in [-0.3, -0.25) is 0 Å². The Kier molecular flexibility index (Phi) is 4.56. The van der Waals surface area contributed by atoms with Gasteiger partial charge < -0.3 is 9.59 Å². The van der Waals surface area contributed by atoms with Gasteiger partial charge in [-0.15, -0.1) is 11.6 Å². The van der Waals surface area contributed by atoms with E-state index in [2.05, 4.69) is 0 Å². The molecule has 2 nitrogen and oxygen atoms in total. The molecule has 4 heteroatoms. The fourth-order valence-corrected chi connectivity index (χ4v) is 2.65. The van der Waals surface area contributed by atoms with E-state index < -0.39 is 8.80 Å². The highest BCUT2D eigenvalue weighted by molar-refractivity contribution is 7.10. The lowest BCUT2D eigenvalue weighted by atomic mass is 10.9. The van der Waals surface area contributed by atoms with Crippen molar-refractivity contribution in [2.75, 3.05) is 5.88 Å². The zero-order chi connectivity index (χ0) is 8.15. The number of halogens is 1. The molecule has 0 fully saturated rings. The summed E-state index contributed by atoms with van der Waals surface area (Å²) in [5.41, 5.74) is 0. The monoisotopic (exact) mass is 177 g/mol. The fraction of sp³-hybridized carbons (Fsp3) is 0.667. The van der Waals surface area contributed by atoms with Crippen molar-refractivity contribution >= 4 is 31.2 Å². The molecule has 0 saturated heterocycles. The molecule has 0 aromatic rings. The molecule has 0 saturated carbocycles. The van der Waals surface area contributed by atoms with Gasteiger partial charge in [0.15, 0.2) is 0 Å². The molecule has 0 aliphatic rings. The number of hydrogen-bond donors (Lipinski definition) is 0. The normalized spacial score (nSPS) is 10.0. The first-order valence-electron chi connectivity index (χ1n) is 3.03. The minimum Gasteiger partial charge on any atom is -0.305 e. The van der Waals surface area contributed by atoms with Crippen molar-refractivity contribution in [2.24, 2.45) is 0 Å². The van der Waals surface area contributed by atoms with E-state index in [0.29, 0.717) is 11.9 Å². The molecule has 57 valence electrons. The summed E-state index contributed by atoms with van der Waals surface area (Å²) >= 11 is 5.41. The number of carbonyl (C=O) groups excluding carboxylic acids is 2. The van der Waals surface area contributed by atoms with E-state index in [-0.39, 0.29) is 10.8 Å². The third kappa shape index (κ3) is 3.13. The summed E-state index contributed by atoms with van der Waals surface area (Å²) < 4.78 is 0. The van der Waals surface area contributed by atoms with E-state index in [1.165, 1.54) is 13.8 Å². The van der Waals surface area contributed by atoms with Crippen molar-refractivity contribution in [3.8, 4) is 0 Å². The quantitative estimate of drug-likeness (QED) is 0.474. The molecule has 0 N–H and O–H groups in total. The first kappa shape index (κ1) is 9.85. The first-order chi connectivity index (χ1) is 4.59. The summed E-state index contributed by atoms with van der Waals surface area (Å²) in [6.07, 6.45) is 0. The Morgan fingerprint density at radius 3 is 1.80 bits per heavy atom. The van der Waals surface area contributed by atoms with E-state index in [1.54, 1.807) is 0 Å². The van der Waals surface area contributed by atoms with Gasteiger partial charge in [-0.1, -0.05) is 0 Å². The van der Waals surface area contributed by atoms with Crippen LogP contribution < -0.4 is 0 Å². The molecule has 0 heterocycles. The van der Waals surface area contributed by atoms with Crippen molar-refractivity contribution < 1.29 is 9.59 Å². The highest BCUT2D eigenvalue weighted by atomic mass is 35.5. The van der Waals surface area contributed by atoms with Gasteiger partial charge in [-0.2, -0.15) is 0 Å². The second-order valence-corrected chi connectivity index (χ2v) is 5.27. The largest absolute Gasteiger partial charge is 0.305 e. The number of carbonyl (C=O) groups is 2. The second kappa shape index (κ2) is 4.63. The summed E-state index contributed by atoms with van der Waals surface area (Å²) in [5.74, 6) is 0.410. The van der Waals surface area contributed by atoms with E-state index >= 15 is 0 Å². The molecular formula is C6H10ClO2Si. The van der Waals surface area contributed by atoms with Gasteiger partial charge >= 0.3 is 0 Å². The average molecular weight is 178 g/mol. The highest BCUT2D eigenvalue weighted by Crippen LogP contribution is 1.97. The smallest absolute Gasteiger partial charge is 0.217 e. The Morgan fingerprint density at radius 1 is 1.30 bits per heavy atom. The van der Waals surface area contributed by atoms with Crippen LogP contribution in [0.5, 0.6) is 0 Å². The van der Waals surface area contributed by atoms with Gasteiger partial charge in [-0.25, -0.2) is 0 Å². The summed E-state index contributed by atoms with van der Waals surface area (Å²) in [7, 11) is -1.44. The standard InChI is InChI=1S/C6H10ClO2Si/c1-5(8)10(4-3-7)6(2)9/h3-4H2,1-2H3. The van der Waals surface area contributed by atoms with Gasteiger partial charge in [0.05, 0.1) is 0 Å². The minimum atomic E-state index is -1.44. The zero-order valence-electron chi connectivity index (χ0n) is 6.11. The summed E-state index contributed by atoms with van der Waals surface area (Å²) in [6, 6.07) is 0.566. The Hall–Kier alpha value is -0.153. The third-order valence-electron chi connectivity index (χ3n) is 1.19. The maximum Gasteiger partial charge on any atom is 0.217 e. The fourth-order valence-electron chi connectivity index (χ4n) is 0.694. The van der Waals surface area contributed by atoms with Crippen LogP contribution in [-0.4, -0.2) is 25.5 Å². The lowest BCUT2D eigenvalue weighted by molar-refractivity contribution is -0.113. The van der Waals surface area contributed by atoms with Crippen LogP contribution >= 0.6 is 11.6 Å². The number of hydrogen-bond acceptors (Lipinski definition) is 2. The molecular weight excluding hydrogens is 168 g/mol. The van der Waals surface area contributed by atoms with Crippen molar-refractivity contribution in [3.05, 3.63) is 0 Å². The van der Waals surface area contributed by atoms with Crippen molar-refractivity contribution in [2.45, 2.75) is 19.9 Å². The topological polar surface area (TPSA) is 34.1 Å². The number of rotatable bonds is 4. The lowest BCUT2D eigenvalue weighted by Crippen LogP contribution is -2.32. The molecule has 0 aliphatic heterocycles. The molecule has 1 radical (unpaired) electrons. The maximum absolute atomic E-state index is 10.7. The highest BCUT2D eigenvalue weighted by Gasteiger charge is 2.21. The Bertz CT molecular complexity index is 133. The van der Waals surface area contributed by atoms with Crippen LogP contribution in [0.2, 0.25) is 6.04 Å². The van der Waals surface area contributed by atoms with Gasteiger partial charge in [-0.05, 0) is 19.9 Å². The van der Waals surface area contributed by atoms with Gasteiger partial charge in [0.2, 0.25) is 8.80 Å². The van der Waals surface area contributed by atoms with Crippen LogP contribution in [0.4, 0.5) is 0 Å². The minimum absolute atomic E-state index is 0.0122. The Labute approximate surface area is 67.2 Å². The summed E-state index contributed by atoms with van der Waals surface area (Å²) in [4.78, 5) is 21.5. The van der Waals surface area contributed by atoms with E-state index in [0.717, 1.165) is 0 Å². The zero-order valence-corrected chi connectivity index (χ0v) is 7.86. The average Bonchev–Trinajstić information content (AvgIpc) is 1.81. The molecule has 0 aliphatic carbocycles. The molecule has 0 bridgehead atoms. The van der Waals surface area contributed by atoms with Gasteiger partial charge in [0.25, 0.3) is 0 Å². The van der Waals surface area contributed by atoms with E-state index in [1.807, 2.05) is 0 Å². The molecule has 0 amide bonds. The molecule has 0 aromatic heterocycles. The molecule has 0 rings (SSSR count). The van der Waals surface area contributed by atoms with Gasteiger partial charge in [0, 0.05) is 5.88 Å². The van der Waals surface area contributed by atoms with Crippen LogP contribution in [0.25, 0.3) is 0 Å². The molecule has 0 atom stereocenters. The Balaban J connectivity index is 3.98. The molecule has 0 spiro atoms. The van der Waals surface area contributed by atoms with E-state index in [9.17, 15) is 9.59 Å². The SMILES string of the molecule is CC(=O)[Si](CCCl)C(C)=O. The van der Waals surface area contributed by atoms with Crippen LogP contribution in [0.3, 0.4) is 0 Å². The molecule has 0 aromatic carbocycles. The van der Waals surface area contributed by atoms with Crippen LogP contribution in [0.1, 0.15) is 13.8 Å². The van der Waals surface area contributed by atoms with E-state index in [4.69, 9.17) is 11.6 Å². The van der Waals surface area contributed by atoms with Crippen molar-refractivity contribution in [1.29, 1.82) is 0 Å². The van der Waals surface area contributed by atoms with Crippen molar-refractivity contribution in [1.82, 2.24) is 0 Å². The number of alkyl halides is 1. The van der Waals surface area contributed by atoms with Gasteiger partial charge in [0.1, 0.15) is 10.8 Å². The van der Waals surface area contributed by atoms with Crippen LogP contribution in [0.15, 0.2) is 0 Å². The summed E-state index contributed by atoms with van der Waals surface area (Å²) in [6.45, 7) is 2.92. The second-order valence-electron chi connectivity index (χ2n) is 2.03. The first-order valence-corrected chi connectivity index (χ1v) is 5.27. The third-order valence-corrected chi connectivity index (χ3v) is 4.15. The van der Waals surface area contributed by atoms with Crippen LogP contribution in [-0.2, 0) is 9.59 Å². The van der Waals surface area contributed by atoms with Crippen molar-refractivity contribution in [3.63, 3.8) is 0 Å². The summed E-state index contributed by atoms with van der Waals surface area (Å²) in [5, 5.41) is 0.0244. The Morgan fingerprint density at radius 2 is 1.70 bits per heavy atom. The lowest BCUT2D eigenvalue weighted by Gasteiger charge is -2.02. The molecule has 0 unspecified atom stereocenters. The predicted octanol–water partition coefficient (Wildman–Crippen LogP) is 0.976.